The summed E-state index contributed by atoms with van der Waals surface area (Å²) in [5, 5.41) is 1.09. The molecule has 1 spiro atoms. The van der Waals surface area contributed by atoms with Crippen molar-refractivity contribution in [2.45, 2.75) is 70.6 Å². The van der Waals surface area contributed by atoms with E-state index in [0.29, 0.717) is 16.7 Å². The maximum atomic E-state index is 6.91. The molecule has 0 N–H and O–H groups in total. The Balaban J connectivity index is 2.06. The second-order valence-electron chi connectivity index (χ2n) is 8.92. The van der Waals surface area contributed by atoms with Crippen LogP contribution >= 0.6 is 39.1 Å². The maximum Gasteiger partial charge on any atom is 0.130 e. The molecular weight excluding hydrogens is 355 g/mol. The van der Waals surface area contributed by atoms with E-state index in [9.17, 15) is 0 Å². The third-order valence-electron chi connectivity index (χ3n) is 7.35. The third-order valence-corrected chi connectivity index (χ3v) is 10.2. The lowest BCUT2D eigenvalue weighted by Gasteiger charge is -2.50. The molecule has 3 aliphatic carbocycles. The topological polar surface area (TPSA) is 0 Å². The molecule has 3 fully saturated rings. The van der Waals surface area contributed by atoms with Crippen molar-refractivity contribution < 1.29 is 0 Å². The summed E-state index contributed by atoms with van der Waals surface area (Å²) in [5.74, 6) is 0.647. The van der Waals surface area contributed by atoms with Crippen LogP contribution in [0.25, 0.3) is 0 Å². The lowest BCUT2D eigenvalue weighted by atomic mass is 9.55. The van der Waals surface area contributed by atoms with Gasteiger partial charge in [-0.3, -0.25) is 0 Å². The van der Waals surface area contributed by atoms with Gasteiger partial charge in [-0.2, -0.15) is 0 Å². The molecule has 3 heteroatoms. The number of halogens is 3. The second-order valence-corrected chi connectivity index (χ2v) is 10.8. The molecule has 116 valence electrons. The van der Waals surface area contributed by atoms with Crippen LogP contribution in [0.15, 0.2) is 0 Å². The van der Waals surface area contributed by atoms with Gasteiger partial charge in [0.1, 0.15) is 4.33 Å². The van der Waals surface area contributed by atoms with Crippen molar-refractivity contribution in [3.8, 4) is 0 Å². The van der Waals surface area contributed by atoms with Gasteiger partial charge in [-0.1, -0.05) is 50.0 Å². The Hall–Kier alpha value is 1.06. The van der Waals surface area contributed by atoms with Crippen LogP contribution in [0, 0.1) is 27.6 Å². The van der Waals surface area contributed by atoms with E-state index in [4.69, 9.17) is 23.2 Å². The van der Waals surface area contributed by atoms with Gasteiger partial charge in [0.05, 0.1) is 0 Å². The van der Waals surface area contributed by atoms with Gasteiger partial charge in [0.15, 0.2) is 0 Å². The molecule has 0 saturated heterocycles. The van der Waals surface area contributed by atoms with Crippen LogP contribution in [-0.2, 0) is 0 Å². The predicted octanol–water partition coefficient (Wildman–Crippen LogP) is 6.58. The largest absolute Gasteiger partial charge is 0.130 e. The Morgan fingerprint density at radius 1 is 1.00 bits per heavy atom. The lowest BCUT2D eigenvalue weighted by molar-refractivity contribution is 0.00378. The maximum absolute atomic E-state index is 6.91. The second kappa shape index (κ2) is 4.32. The molecule has 3 rings (SSSR count). The first kappa shape index (κ1) is 15.9. The van der Waals surface area contributed by atoms with Gasteiger partial charge in [0, 0.05) is 16.2 Å². The van der Waals surface area contributed by atoms with E-state index < -0.39 is 4.33 Å². The molecule has 0 aromatic carbocycles. The van der Waals surface area contributed by atoms with Crippen LogP contribution in [0.1, 0.15) is 66.2 Å². The van der Waals surface area contributed by atoms with Crippen LogP contribution < -0.4 is 0 Å². The first-order valence-corrected chi connectivity index (χ1v) is 9.88. The molecule has 0 heterocycles. The first-order chi connectivity index (χ1) is 9.06. The highest BCUT2D eigenvalue weighted by molar-refractivity contribution is 9.09. The first-order valence-electron chi connectivity index (χ1n) is 8.00. The average molecular weight is 382 g/mol. The van der Waals surface area contributed by atoms with Crippen LogP contribution in [0.4, 0.5) is 0 Å². The quantitative estimate of drug-likeness (QED) is 0.450. The Bertz CT molecular complexity index is 433. The lowest BCUT2D eigenvalue weighted by Crippen LogP contribution is -2.44. The molecule has 0 aliphatic heterocycles. The highest BCUT2D eigenvalue weighted by Gasteiger charge is 2.87. The summed E-state index contributed by atoms with van der Waals surface area (Å²) in [7, 11) is 0. The number of hydrogen-bond donors (Lipinski definition) is 0. The summed E-state index contributed by atoms with van der Waals surface area (Å²) in [6.07, 6.45) is 7.51. The van der Waals surface area contributed by atoms with E-state index in [0.717, 1.165) is 5.33 Å². The molecule has 0 radical (unpaired) electrons. The number of rotatable bonds is 1. The van der Waals surface area contributed by atoms with E-state index in [-0.39, 0.29) is 10.8 Å². The fourth-order valence-corrected chi connectivity index (χ4v) is 7.60. The minimum atomic E-state index is -0.504. The summed E-state index contributed by atoms with van der Waals surface area (Å²) >= 11 is 17.6. The highest BCUT2D eigenvalue weighted by Crippen LogP contribution is 2.88. The zero-order valence-corrected chi connectivity index (χ0v) is 16.3. The van der Waals surface area contributed by atoms with Crippen molar-refractivity contribution in [3.05, 3.63) is 0 Å². The fourth-order valence-electron chi connectivity index (χ4n) is 5.79. The van der Waals surface area contributed by atoms with Crippen LogP contribution in [0.3, 0.4) is 0 Å². The van der Waals surface area contributed by atoms with Gasteiger partial charge < -0.3 is 0 Å². The van der Waals surface area contributed by atoms with Crippen molar-refractivity contribution in [1.82, 2.24) is 0 Å². The van der Waals surface area contributed by atoms with Gasteiger partial charge in [0.2, 0.25) is 0 Å². The molecule has 0 bridgehead atoms. The van der Waals surface area contributed by atoms with Gasteiger partial charge in [-0.15, -0.1) is 23.2 Å². The summed E-state index contributed by atoms with van der Waals surface area (Å²) in [5.41, 5.74) is 1.05. The van der Waals surface area contributed by atoms with E-state index in [1.165, 1.54) is 38.5 Å². The molecule has 0 amide bonds. The van der Waals surface area contributed by atoms with Gasteiger partial charge in [-0.05, 0) is 48.9 Å². The Morgan fingerprint density at radius 3 is 2.25 bits per heavy atom. The van der Waals surface area contributed by atoms with Crippen LogP contribution in [0.5, 0.6) is 0 Å². The molecule has 3 aliphatic rings. The average Bonchev–Trinajstić information content (AvgIpc) is 2.76. The summed E-state index contributed by atoms with van der Waals surface area (Å²) in [4.78, 5) is 0. The van der Waals surface area contributed by atoms with Crippen molar-refractivity contribution in [1.29, 1.82) is 0 Å². The van der Waals surface area contributed by atoms with Crippen LogP contribution in [-0.4, -0.2) is 9.66 Å². The van der Waals surface area contributed by atoms with Gasteiger partial charge in [-0.25, -0.2) is 0 Å². The zero-order chi connectivity index (χ0) is 15.0. The molecule has 20 heavy (non-hydrogen) atoms. The standard InChI is InChI=1S/C17H27BrCl2/c1-13(2)6-5-7-15(4)16(17(15,19)20)9-8-14(3,11-18)10-12(13)16/h12H,5-11H2,1-4H3/t12-,14?,15-,16+/m1/s1. The minimum Gasteiger partial charge on any atom is -0.100 e. The van der Waals surface area contributed by atoms with E-state index in [1.807, 2.05) is 0 Å². The zero-order valence-electron chi connectivity index (χ0n) is 13.2. The van der Waals surface area contributed by atoms with Crippen molar-refractivity contribution in [2.24, 2.45) is 27.6 Å². The molecule has 0 aromatic heterocycles. The molecule has 0 nitrogen and oxygen atoms in total. The molecule has 0 aromatic rings. The van der Waals surface area contributed by atoms with Gasteiger partial charge in [0.25, 0.3) is 0 Å². The van der Waals surface area contributed by atoms with E-state index >= 15 is 0 Å². The summed E-state index contributed by atoms with van der Waals surface area (Å²) in [6, 6.07) is 0. The summed E-state index contributed by atoms with van der Waals surface area (Å²) in [6.45, 7) is 9.69. The molecular formula is C17H27BrCl2. The normalized spacial score (nSPS) is 52.6. The van der Waals surface area contributed by atoms with Gasteiger partial charge >= 0.3 is 0 Å². The summed E-state index contributed by atoms with van der Waals surface area (Å²) < 4.78 is -0.504. The Morgan fingerprint density at radius 2 is 1.65 bits per heavy atom. The van der Waals surface area contributed by atoms with Crippen molar-refractivity contribution >= 4 is 39.1 Å². The molecule has 1 unspecified atom stereocenters. The Labute approximate surface area is 142 Å². The predicted molar refractivity (Wildman–Crippen MR) is 91.9 cm³/mol. The third kappa shape index (κ3) is 1.67. The smallest absolute Gasteiger partial charge is 0.100 e. The highest BCUT2D eigenvalue weighted by atomic mass is 79.9. The van der Waals surface area contributed by atoms with E-state index in [2.05, 4.69) is 43.6 Å². The SMILES string of the molecule is CC1(CBr)CC[C@]23[C@H](C1)C(C)(C)CCC[C@@]2(C)C3(Cl)Cl. The van der Waals surface area contributed by atoms with Crippen molar-refractivity contribution in [3.63, 3.8) is 0 Å². The molecule has 4 atom stereocenters. The monoisotopic (exact) mass is 380 g/mol. The van der Waals surface area contributed by atoms with Crippen LogP contribution in [0.2, 0.25) is 0 Å². The number of alkyl halides is 3. The fraction of sp³-hybridized carbons (Fsp3) is 1.00. The molecule has 3 saturated carbocycles. The van der Waals surface area contributed by atoms with Crippen molar-refractivity contribution in [2.75, 3.05) is 5.33 Å². The van der Waals surface area contributed by atoms with E-state index in [1.54, 1.807) is 0 Å². The Kier molecular flexibility index (Phi) is 3.44. The number of hydrogen-bond acceptors (Lipinski definition) is 0. The minimum absolute atomic E-state index is 0.134.